The second-order valence-corrected chi connectivity index (χ2v) is 2.37. The molecule has 0 saturated carbocycles. The van der Waals surface area contributed by atoms with Gasteiger partial charge in [-0.05, 0) is 24.1 Å². The molecule has 0 fully saturated rings. The Morgan fingerprint density at radius 3 is 3.08 bits per heavy atom. The van der Waals surface area contributed by atoms with Gasteiger partial charge in [-0.15, -0.1) is 6.58 Å². The predicted molar refractivity (Wildman–Crippen MR) is 48.1 cm³/mol. The van der Waals surface area contributed by atoms with Gasteiger partial charge in [0.15, 0.2) is 0 Å². The van der Waals surface area contributed by atoms with Crippen LogP contribution in [-0.2, 0) is 11.2 Å². The summed E-state index contributed by atoms with van der Waals surface area (Å²) in [5, 5.41) is 0. The molecular formula is C10H9NO. The number of carbonyl (C=O) groups excluding carboxylic acids is 1. The summed E-state index contributed by atoms with van der Waals surface area (Å²) in [4.78, 5) is 13.4. The molecule has 0 aliphatic carbocycles. The zero-order chi connectivity index (χ0) is 8.81. The van der Waals surface area contributed by atoms with Crippen LogP contribution in [0.5, 0.6) is 0 Å². The van der Waals surface area contributed by atoms with Crippen molar-refractivity contribution in [3.8, 4) is 0 Å². The Bertz CT molecular complexity index is 324. The van der Waals surface area contributed by atoms with E-state index in [0.717, 1.165) is 12.0 Å². The quantitative estimate of drug-likeness (QED) is 0.378. The molecule has 0 atom stereocenters. The van der Waals surface area contributed by atoms with Gasteiger partial charge in [-0.3, -0.25) is 0 Å². The van der Waals surface area contributed by atoms with Crippen molar-refractivity contribution in [3.63, 3.8) is 0 Å². The van der Waals surface area contributed by atoms with Crippen molar-refractivity contribution >= 4 is 11.8 Å². The summed E-state index contributed by atoms with van der Waals surface area (Å²) in [6.07, 6.45) is 4.11. The molecule has 60 valence electrons. The molecule has 12 heavy (non-hydrogen) atoms. The third kappa shape index (κ3) is 2.19. The standard InChI is InChI=1S/C10H9NO/c1-2-4-9-5-3-6-10(7-9)11-8-12/h2-3,5-7H,1,4H2. The van der Waals surface area contributed by atoms with E-state index in [1.54, 1.807) is 6.07 Å². The molecule has 2 nitrogen and oxygen atoms in total. The topological polar surface area (TPSA) is 29.4 Å². The predicted octanol–water partition coefficient (Wildman–Crippen LogP) is 2.38. The van der Waals surface area contributed by atoms with Crippen molar-refractivity contribution in [2.24, 2.45) is 4.99 Å². The maximum atomic E-state index is 9.93. The Labute approximate surface area is 71.3 Å². The zero-order valence-corrected chi connectivity index (χ0v) is 6.66. The van der Waals surface area contributed by atoms with Crippen LogP contribution in [0.25, 0.3) is 0 Å². The maximum Gasteiger partial charge on any atom is 0.240 e. The summed E-state index contributed by atoms with van der Waals surface area (Å²) in [5.41, 5.74) is 1.74. The molecular weight excluding hydrogens is 150 g/mol. The van der Waals surface area contributed by atoms with E-state index in [9.17, 15) is 4.79 Å². The maximum absolute atomic E-state index is 9.93. The fraction of sp³-hybridized carbons (Fsp3) is 0.100. The minimum Gasteiger partial charge on any atom is -0.211 e. The first-order chi connectivity index (χ1) is 5.86. The van der Waals surface area contributed by atoms with Gasteiger partial charge in [-0.25, -0.2) is 4.79 Å². The number of benzene rings is 1. The summed E-state index contributed by atoms with van der Waals surface area (Å²) in [6.45, 7) is 3.62. The lowest BCUT2D eigenvalue weighted by Crippen LogP contribution is -1.78. The van der Waals surface area contributed by atoms with E-state index in [0.29, 0.717) is 5.69 Å². The third-order valence-corrected chi connectivity index (χ3v) is 1.47. The lowest BCUT2D eigenvalue weighted by Gasteiger charge is -1.95. The largest absolute Gasteiger partial charge is 0.240 e. The van der Waals surface area contributed by atoms with Crippen LogP contribution in [-0.4, -0.2) is 6.08 Å². The van der Waals surface area contributed by atoms with Gasteiger partial charge < -0.3 is 0 Å². The summed E-state index contributed by atoms with van der Waals surface area (Å²) >= 11 is 0. The van der Waals surface area contributed by atoms with E-state index >= 15 is 0 Å². The van der Waals surface area contributed by atoms with Crippen molar-refractivity contribution in [1.82, 2.24) is 0 Å². The number of hydrogen-bond donors (Lipinski definition) is 0. The van der Waals surface area contributed by atoms with Crippen LogP contribution in [0, 0.1) is 0 Å². The number of hydrogen-bond acceptors (Lipinski definition) is 2. The molecule has 0 aliphatic heterocycles. The number of isocyanates is 1. The number of rotatable bonds is 3. The van der Waals surface area contributed by atoms with E-state index in [-0.39, 0.29) is 0 Å². The van der Waals surface area contributed by atoms with Gasteiger partial charge in [-0.2, -0.15) is 4.99 Å². The highest BCUT2D eigenvalue weighted by Crippen LogP contribution is 2.13. The lowest BCUT2D eigenvalue weighted by molar-refractivity contribution is 0.565. The molecule has 0 spiro atoms. The molecule has 0 unspecified atom stereocenters. The second kappa shape index (κ2) is 4.27. The monoisotopic (exact) mass is 159 g/mol. The third-order valence-electron chi connectivity index (χ3n) is 1.47. The molecule has 1 rings (SSSR count). The molecule has 0 aromatic heterocycles. The molecule has 0 N–H and O–H groups in total. The van der Waals surface area contributed by atoms with E-state index < -0.39 is 0 Å². The van der Waals surface area contributed by atoms with Crippen LogP contribution < -0.4 is 0 Å². The van der Waals surface area contributed by atoms with E-state index in [2.05, 4.69) is 11.6 Å². The normalized spacial score (nSPS) is 8.67. The fourth-order valence-corrected chi connectivity index (χ4v) is 0.972. The highest BCUT2D eigenvalue weighted by Gasteiger charge is 1.91. The van der Waals surface area contributed by atoms with Crippen molar-refractivity contribution in [2.45, 2.75) is 6.42 Å². The number of allylic oxidation sites excluding steroid dienone is 1. The van der Waals surface area contributed by atoms with Gasteiger partial charge in [-0.1, -0.05) is 18.2 Å². The highest BCUT2D eigenvalue weighted by atomic mass is 16.1. The summed E-state index contributed by atoms with van der Waals surface area (Å²) in [7, 11) is 0. The van der Waals surface area contributed by atoms with Crippen molar-refractivity contribution < 1.29 is 4.79 Å². The number of nitrogens with zero attached hydrogens (tertiary/aromatic N) is 1. The van der Waals surface area contributed by atoms with Gasteiger partial charge in [0.05, 0.1) is 5.69 Å². The fourth-order valence-electron chi connectivity index (χ4n) is 0.972. The summed E-state index contributed by atoms with van der Waals surface area (Å²) in [6, 6.07) is 7.42. The summed E-state index contributed by atoms with van der Waals surface area (Å²) < 4.78 is 0. The van der Waals surface area contributed by atoms with Crippen molar-refractivity contribution in [2.75, 3.05) is 0 Å². The SMILES string of the molecule is C=CCc1cccc(N=C=O)c1. The van der Waals surface area contributed by atoms with E-state index in [1.165, 1.54) is 6.08 Å². The number of aliphatic imine (C=N–C) groups is 1. The van der Waals surface area contributed by atoms with Crippen LogP contribution in [0.2, 0.25) is 0 Å². The molecule has 1 aromatic rings. The van der Waals surface area contributed by atoms with Crippen molar-refractivity contribution in [3.05, 3.63) is 42.5 Å². The lowest BCUT2D eigenvalue weighted by atomic mass is 10.1. The minimum absolute atomic E-state index is 0.643. The second-order valence-electron chi connectivity index (χ2n) is 2.37. The Morgan fingerprint density at radius 1 is 1.58 bits per heavy atom. The first-order valence-corrected chi connectivity index (χ1v) is 3.64. The summed E-state index contributed by atoms with van der Waals surface area (Å²) in [5.74, 6) is 0. The Morgan fingerprint density at radius 2 is 2.42 bits per heavy atom. The molecule has 0 saturated heterocycles. The zero-order valence-electron chi connectivity index (χ0n) is 6.66. The average molecular weight is 159 g/mol. The molecule has 0 radical (unpaired) electrons. The van der Waals surface area contributed by atoms with Crippen LogP contribution in [0.3, 0.4) is 0 Å². The van der Waals surface area contributed by atoms with Crippen LogP contribution in [0.15, 0.2) is 41.9 Å². The first-order valence-electron chi connectivity index (χ1n) is 3.64. The van der Waals surface area contributed by atoms with Gasteiger partial charge >= 0.3 is 0 Å². The highest BCUT2D eigenvalue weighted by molar-refractivity contribution is 5.49. The Kier molecular flexibility index (Phi) is 3.00. The van der Waals surface area contributed by atoms with Gasteiger partial charge in [0.2, 0.25) is 6.08 Å². The Hall–Kier alpha value is -1.66. The first kappa shape index (κ1) is 8.44. The van der Waals surface area contributed by atoms with Gasteiger partial charge in [0, 0.05) is 0 Å². The molecule has 0 aliphatic rings. The molecule has 2 heteroatoms. The van der Waals surface area contributed by atoms with Gasteiger partial charge in [0.25, 0.3) is 0 Å². The molecule has 0 amide bonds. The Balaban J connectivity index is 2.94. The molecule has 0 bridgehead atoms. The smallest absolute Gasteiger partial charge is 0.211 e. The van der Waals surface area contributed by atoms with Gasteiger partial charge in [0.1, 0.15) is 0 Å². The van der Waals surface area contributed by atoms with Crippen LogP contribution in [0.1, 0.15) is 5.56 Å². The molecule has 1 aromatic carbocycles. The average Bonchev–Trinajstić information content (AvgIpc) is 2.06. The van der Waals surface area contributed by atoms with Crippen LogP contribution >= 0.6 is 0 Å². The van der Waals surface area contributed by atoms with E-state index in [4.69, 9.17) is 0 Å². The minimum atomic E-state index is 0.643. The van der Waals surface area contributed by atoms with Crippen molar-refractivity contribution in [1.29, 1.82) is 0 Å². The van der Waals surface area contributed by atoms with Crippen LogP contribution in [0.4, 0.5) is 5.69 Å². The molecule has 0 heterocycles. The van der Waals surface area contributed by atoms with E-state index in [1.807, 2.05) is 24.3 Å².